The van der Waals surface area contributed by atoms with E-state index in [1.54, 1.807) is 0 Å². The third-order valence-electron chi connectivity index (χ3n) is 3.21. The largest absolute Gasteiger partial charge is 0.347 e. The molecule has 1 unspecified atom stereocenters. The molecule has 1 heterocycles. The third-order valence-corrected chi connectivity index (χ3v) is 3.21. The van der Waals surface area contributed by atoms with Crippen LogP contribution in [-0.2, 0) is 0 Å². The van der Waals surface area contributed by atoms with E-state index in [1.807, 2.05) is 24.3 Å². The Balaban J connectivity index is 0.00000220. The summed E-state index contributed by atoms with van der Waals surface area (Å²) in [7, 11) is 0. The fourth-order valence-corrected chi connectivity index (χ4v) is 2.03. The molecule has 1 aromatic heterocycles. The van der Waals surface area contributed by atoms with Crippen molar-refractivity contribution in [3.8, 4) is 0 Å². The van der Waals surface area contributed by atoms with E-state index in [0.29, 0.717) is 12.2 Å². The summed E-state index contributed by atoms with van der Waals surface area (Å²) in [4.78, 5) is 20.7. The van der Waals surface area contributed by atoms with Gasteiger partial charge in [-0.2, -0.15) is 0 Å². The lowest BCUT2D eigenvalue weighted by atomic mass is 10.1. The van der Waals surface area contributed by atoms with Gasteiger partial charge in [0, 0.05) is 12.6 Å². The van der Waals surface area contributed by atoms with Gasteiger partial charge in [0.2, 0.25) is 0 Å². The number of nitrogens with one attached hydrogen (secondary N) is 1. The molecule has 0 bridgehead atoms. The van der Waals surface area contributed by atoms with Crippen molar-refractivity contribution in [3.05, 3.63) is 36.2 Å². The van der Waals surface area contributed by atoms with Crippen LogP contribution < -0.4 is 11.1 Å². The second-order valence-electron chi connectivity index (χ2n) is 4.79. The highest BCUT2D eigenvalue weighted by Gasteiger charge is 2.14. The number of carbonyl (C=O) groups is 1. The first kappa shape index (κ1) is 20.6. The summed E-state index contributed by atoms with van der Waals surface area (Å²) in [6.45, 7) is 2.55. The van der Waals surface area contributed by atoms with Gasteiger partial charge in [0.05, 0.1) is 17.2 Å². The number of carbonyl (C=O) groups excluding carboxylic acids is 1. The number of amides is 1. The first-order chi connectivity index (χ1) is 9.74. The number of aromatic nitrogens is 2. The summed E-state index contributed by atoms with van der Waals surface area (Å²) in [5.41, 5.74) is 7.51. The first-order valence-electron chi connectivity index (χ1n) is 6.97. The van der Waals surface area contributed by atoms with Gasteiger partial charge in [-0.25, -0.2) is 4.98 Å². The Morgan fingerprint density at radius 2 is 1.95 bits per heavy atom. The molecule has 0 saturated heterocycles. The molecule has 0 fully saturated rings. The molecule has 2 aromatic rings. The van der Waals surface area contributed by atoms with E-state index in [9.17, 15) is 4.79 Å². The van der Waals surface area contributed by atoms with Gasteiger partial charge in [-0.15, -0.1) is 24.8 Å². The van der Waals surface area contributed by atoms with Crippen LogP contribution in [0, 0.1) is 0 Å². The highest BCUT2D eigenvalue weighted by molar-refractivity contribution is 5.93. The smallest absolute Gasteiger partial charge is 0.271 e. The summed E-state index contributed by atoms with van der Waals surface area (Å²) in [5, 5.41) is 2.92. The normalized spacial score (nSPS) is 11.2. The van der Waals surface area contributed by atoms with Crippen LogP contribution >= 0.6 is 24.8 Å². The Labute approximate surface area is 142 Å². The summed E-state index contributed by atoms with van der Waals surface area (Å²) in [6.07, 6.45) is 4.53. The summed E-state index contributed by atoms with van der Waals surface area (Å²) in [6, 6.07) is 7.48. The van der Waals surface area contributed by atoms with Gasteiger partial charge >= 0.3 is 0 Å². The number of para-hydroxylation sites is 2. The van der Waals surface area contributed by atoms with Crippen LogP contribution in [0.25, 0.3) is 11.0 Å². The minimum atomic E-state index is -0.213. The van der Waals surface area contributed by atoms with Crippen LogP contribution in [0.5, 0.6) is 0 Å². The predicted octanol–water partition coefficient (Wildman–Crippen LogP) is 2.72. The van der Waals surface area contributed by atoms with E-state index in [0.717, 1.165) is 30.3 Å². The maximum atomic E-state index is 12.2. The van der Waals surface area contributed by atoms with Crippen LogP contribution in [0.3, 0.4) is 0 Å². The zero-order chi connectivity index (χ0) is 14.4. The lowest BCUT2D eigenvalue weighted by molar-refractivity contribution is 0.0930. The topological polar surface area (TPSA) is 80.9 Å². The van der Waals surface area contributed by atoms with Gasteiger partial charge in [-0.3, -0.25) is 9.78 Å². The number of fused-ring (bicyclic) bond motifs is 1. The maximum Gasteiger partial charge on any atom is 0.271 e. The number of nitrogens with two attached hydrogens (primary N) is 1. The number of rotatable bonds is 6. The number of halogens is 2. The SMILES string of the molecule is CCCCC(CN)NC(=O)c1cnc2ccccc2n1.Cl.Cl. The molecule has 2 rings (SSSR count). The number of hydrogen-bond donors (Lipinski definition) is 2. The van der Waals surface area contributed by atoms with Crippen molar-refractivity contribution in [3.63, 3.8) is 0 Å². The predicted molar refractivity (Wildman–Crippen MR) is 93.9 cm³/mol. The summed E-state index contributed by atoms with van der Waals surface area (Å²) in [5.74, 6) is -0.213. The number of nitrogens with zero attached hydrogens (tertiary/aromatic N) is 2. The van der Waals surface area contributed by atoms with Gasteiger partial charge in [0.1, 0.15) is 5.69 Å². The molecule has 0 aliphatic rings. The summed E-state index contributed by atoms with van der Waals surface area (Å²) >= 11 is 0. The van der Waals surface area contributed by atoms with E-state index >= 15 is 0 Å². The number of hydrogen-bond acceptors (Lipinski definition) is 4. The van der Waals surface area contributed by atoms with E-state index in [1.165, 1.54) is 6.20 Å². The molecule has 0 spiro atoms. The molecule has 1 amide bonds. The summed E-state index contributed by atoms with van der Waals surface area (Å²) < 4.78 is 0. The van der Waals surface area contributed by atoms with Crippen molar-refractivity contribution in [1.82, 2.24) is 15.3 Å². The average molecular weight is 345 g/mol. The molecule has 0 aliphatic carbocycles. The Kier molecular flexibility index (Phi) is 9.65. The molecule has 22 heavy (non-hydrogen) atoms. The molecule has 1 aromatic carbocycles. The maximum absolute atomic E-state index is 12.2. The Bertz CT molecular complexity index is 595. The first-order valence-corrected chi connectivity index (χ1v) is 6.97. The van der Waals surface area contributed by atoms with Gasteiger partial charge in [0.25, 0.3) is 5.91 Å². The number of benzene rings is 1. The van der Waals surface area contributed by atoms with Crippen LogP contribution in [0.1, 0.15) is 36.7 Å². The molecule has 1 atom stereocenters. The lowest BCUT2D eigenvalue weighted by Crippen LogP contribution is -2.40. The second kappa shape index (κ2) is 10.3. The van der Waals surface area contributed by atoms with Crippen molar-refractivity contribution in [2.24, 2.45) is 5.73 Å². The highest BCUT2D eigenvalue weighted by atomic mass is 35.5. The highest BCUT2D eigenvalue weighted by Crippen LogP contribution is 2.09. The van der Waals surface area contributed by atoms with E-state index in [2.05, 4.69) is 22.2 Å². The minimum absolute atomic E-state index is 0. The van der Waals surface area contributed by atoms with E-state index in [4.69, 9.17) is 5.73 Å². The molecular weight excluding hydrogens is 323 g/mol. The van der Waals surface area contributed by atoms with Gasteiger partial charge in [-0.1, -0.05) is 31.9 Å². The fraction of sp³-hybridized carbons (Fsp3) is 0.400. The molecule has 122 valence electrons. The minimum Gasteiger partial charge on any atom is -0.347 e. The van der Waals surface area contributed by atoms with Crippen molar-refractivity contribution in [2.45, 2.75) is 32.2 Å². The van der Waals surface area contributed by atoms with Crippen molar-refractivity contribution in [2.75, 3.05) is 6.54 Å². The van der Waals surface area contributed by atoms with Crippen LogP contribution in [0.4, 0.5) is 0 Å². The molecule has 5 nitrogen and oxygen atoms in total. The molecule has 0 radical (unpaired) electrons. The Hall–Kier alpha value is -1.43. The van der Waals surface area contributed by atoms with Gasteiger partial charge in [-0.05, 0) is 18.6 Å². The monoisotopic (exact) mass is 344 g/mol. The Morgan fingerprint density at radius 1 is 1.27 bits per heavy atom. The zero-order valence-corrected chi connectivity index (χ0v) is 14.1. The second-order valence-corrected chi connectivity index (χ2v) is 4.79. The standard InChI is InChI=1S/C15H20N4O.2ClH/c1-2-3-6-11(9-16)18-15(20)14-10-17-12-7-4-5-8-13(12)19-14;;/h4-5,7-8,10-11H,2-3,6,9,16H2,1H3,(H,18,20);2*1H. The molecule has 3 N–H and O–H groups in total. The van der Waals surface area contributed by atoms with Crippen molar-refractivity contribution < 1.29 is 4.79 Å². The van der Waals surface area contributed by atoms with Crippen LogP contribution in [-0.4, -0.2) is 28.5 Å². The average Bonchev–Trinajstić information content (AvgIpc) is 2.50. The molecular formula is C15H22Cl2N4O. The van der Waals surface area contributed by atoms with Crippen LogP contribution in [0.2, 0.25) is 0 Å². The molecule has 0 saturated carbocycles. The Morgan fingerprint density at radius 3 is 2.59 bits per heavy atom. The lowest BCUT2D eigenvalue weighted by Gasteiger charge is -2.16. The fourth-order valence-electron chi connectivity index (χ4n) is 2.03. The van der Waals surface area contributed by atoms with Crippen LogP contribution in [0.15, 0.2) is 30.5 Å². The van der Waals surface area contributed by atoms with E-state index < -0.39 is 0 Å². The number of unbranched alkanes of at least 4 members (excludes halogenated alkanes) is 1. The van der Waals surface area contributed by atoms with E-state index in [-0.39, 0.29) is 36.8 Å². The molecule has 7 heteroatoms. The molecule has 0 aliphatic heterocycles. The van der Waals surface area contributed by atoms with Gasteiger partial charge < -0.3 is 11.1 Å². The van der Waals surface area contributed by atoms with Crippen molar-refractivity contribution in [1.29, 1.82) is 0 Å². The zero-order valence-electron chi connectivity index (χ0n) is 12.5. The quantitative estimate of drug-likeness (QED) is 0.844. The van der Waals surface area contributed by atoms with Crippen molar-refractivity contribution >= 4 is 41.8 Å². The van der Waals surface area contributed by atoms with Gasteiger partial charge in [0.15, 0.2) is 0 Å². The third kappa shape index (κ3) is 5.40.